The van der Waals surface area contributed by atoms with E-state index < -0.39 is 0 Å². The summed E-state index contributed by atoms with van der Waals surface area (Å²) in [5.41, 5.74) is 1.50. The Morgan fingerprint density at radius 2 is 2.05 bits per heavy atom. The zero-order valence-corrected chi connectivity index (χ0v) is 13.1. The SMILES string of the molecule is CCOC(=O)c1nc(NCc2ccc(OC)cc2)sc1C. The van der Waals surface area contributed by atoms with Gasteiger partial charge in [0, 0.05) is 11.4 Å². The number of methoxy groups -OCH3 is 1. The van der Waals surface area contributed by atoms with E-state index in [1.807, 2.05) is 31.2 Å². The van der Waals surface area contributed by atoms with Crippen molar-refractivity contribution in [3.05, 3.63) is 40.4 Å². The molecule has 0 saturated carbocycles. The number of nitrogens with zero attached hydrogens (tertiary/aromatic N) is 1. The highest BCUT2D eigenvalue weighted by Crippen LogP contribution is 2.23. The first-order chi connectivity index (χ1) is 10.1. The molecule has 5 nitrogen and oxygen atoms in total. The fraction of sp³-hybridized carbons (Fsp3) is 0.333. The van der Waals surface area contributed by atoms with Gasteiger partial charge in [0.15, 0.2) is 10.8 Å². The number of anilines is 1. The lowest BCUT2D eigenvalue weighted by Gasteiger charge is -2.04. The first-order valence-electron chi connectivity index (χ1n) is 6.65. The summed E-state index contributed by atoms with van der Waals surface area (Å²) in [6, 6.07) is 7.79. The number of hydrogen-bond donors (Lipinski definition) is 1. The highest BCUT2D eigenvalue weighted by atomic mass is 32.1. The monoisotopic (exact) mass is 306 g/mol. The molecule has 0 unspecified atom stereocenters. The molecular weight excluding hydrogens is 288 g/mol. The van der Waals surface area contributed by atoms with Gasteiger partial charge in [-0.15, -0.1) is 11.3 Å². The molecule has 1 N–H and O–H groups in total. The van der Waals surface area contributed by atoms with E-state index >= 15 is 0 Å². The Kier molecular flexibility index (Phi) is 5.16. The fourth-order valence-corrected chi connectivity index (χ4v) is 2.58. The second-order valence-corrected chi connectivity index (χ2v) is 5.55. The number of carbonyl (C=O) groups is 1. The van der Waals surface area contributed by atoms with Crippen LogP contribution in [-0.2, 0) is 11.3 Å². The van der Waals surface area contributed by atoms with Gasteiger partial charge in [-0.2, -0.15) is 0 Å². The van der Waals surface area contributed by atoms with Crippen LogP contribution >= 0.6 is 11.3 Å². The highest BCUT2D eigenvalue weighted by molar-refractivity contribution is 7.15. The topological polar surface area (TPSA) is 60.5 Å². The molecule has 0 saturated heterocycles. The summed E-state index contributed by atoms with van der Waals surface area (Å²) < 4.78 is 10.1. The molecule has 6 heteroatoms. The number of hydrogen-bond acceptors (Lipinski definition) is 6. The Hall–Kier alpha value is -2.08. The molecule has 1 heterocycles. The van der Waals surface area contributed by atoms with Crippen LogP contribution in [0, 0.1) is 6.92 Å². The number of aryl methyl sites for hydroxylation is 1. The smallest absolute Gasteiger partial charge is 0.358 e. The second-order valence-electron chi connectivity index (χ2n) is 4.35. The number of ether oxygens (including phenoxy) is 2. The quantitative estimate of drug-likeness (QED) is 0.830. The standard InChI is InChI=1S/C15H18N2O3S/c1-4-20-14(18)13-10(2)21-15(17-13)16-9-11-5-7-12(19-3)8-6-11/h5-8H,4,9H2,1-3H3,(H,16,17). The van der Waals surface area contributed by atoms with E-state index in [4.69, 9.17) is 9.47 Å². The van der Waals surface area contributed by atoms with Crippen molar-refractivity contribution in [3.63, 3.8) is 0 Å². The molecule has 0 spiro atoms. The fourth-order valence-electron chi connectivity index (χ4n) is 1.78. The van der Waals surface area contributed by atoms with Crippen molar-refractivity contribution < 1.29 is 14.3 Å². The summed E-state index contributed by atoms with van der Waals surface area (Å²) in [6.07, 6.45) is 0. The van der Waals surface area contributed by atoms with E-state index in [1.165, 1.54) is 11.3 Å². The minimum absolute atomic E-state index is 0.352. The number of carbonyl (C=O) groups excluding carboxylic acids is 1. The van der Waals surface area contributed by atoms with Gasteiger partial charge in [-0.05, 0) is 31.5 Å². The van der Waals surface area contributed by atoms with E-state index in [-0.39, 0.29) is 5.97 Å². The van der Waals surface area contributed by atoms with Gasteiger partial charge in [0.05, 0.1) is 13.7 Å². The van der Waals surface area contributed by atoms with E-state index in [1.54, 1.807) is 14.0 Å². The third kappa shape index (κ3) is 3.95. The summed E-state index contributed by atoms with van der Waals surface area (Å²) >= 11 is 1.45. The van der Waals surface area contributed by atoms with Crippen LogP contribution in [0.3, 0.4) is 0 Å². The zero-order chi connectivity index (χ0) is 15.2. The molecule has 21 heavy (non-hydrogen) atoms. The molecule has 0 atom stereocenters. The average molecular weight is 306 g/mol. The van der Waals surface area contributed by atoms with Crippen LogP contribution < -0.4 is 10.1 Å². The van der Waals surface area contributed by atoms with Gasteiger partial charge in [-0.25, -0.2) is 9.78 Å². The number of nitrogens with one attached hydrogen (secondary N) is 1. The number of thiazole rings is 1. The highest BCUT2D eigenvalue weighted by Gasteiger charge is 2.16. The van der Waals surface area contributed by atoms with Crippen LogP contribution in [0.5, 0.6) is 5.75 Å². The Bertz CT molecular complexity index is 608. The normalized spacial score (nSPS) is 10.2. The van der Waals surface area contributed by atoms with Crippen LogP contribution in [0.25, 0.3) is 0 Å². The maximum Gasteiger partial charge on any atom is 0.358 e. The summed E-state index contributed by atoms with van der Waals surface area (Å²) in [6.45, 7) is 4.63. The lowest BCUT2D eigenvalue weighted by Crippen LogP contribution is -2.07. The summed E-state index contributed by atoms with van der Waals surface area (Å²) in [7, 11) is 1.64. The van der Waals surface area contributed by atoms with Gasteiger partial charge in [0.2, 0.25) is 0 Å². The molecule has 2 rings (SSSR count). The van der Waals surface area contributed by atoms with Crippen molar-refractivity contribution in [3.8, 4) is 5.75 Å². The molecule has 0 amide bonds. The predicted molar refractivity (Wildman–Crippen MR) is 83.1 cm³/mol. The van der Waals surface area contributed by atoms with Crippen molar-refractivity contribution in [2.75, 3.05) is 19.0 Å². The Morgan fingerprint density at radius 1 is 1.33 bits per heavy atom. The van der Waals surface area contributed by atoms with Crippen LogP contribution in [0.1, 0.15) is 27.9 Å². The molecule has 1 aromatic heterocycles. The van der Waals surface area contributed by atoms with Gasteiger partial charge in [-0.1, -0.05) is 12.1 Å². The van der Waals surface area contributed by atoms with Crippen molar-refractivity contribution in [1.82, 2.24) is 4.98 Å². The van der Waals surface area contributed by atoms with Gasteiger partial charge in [-0.3, -0.25) is 0 Å². The Morgan fingerprint density at radius 3 is 2.67 bits per heavy atom. The van der Waals surface area contributed by atoms with Crippen molar-refractivity contribution >= 4 is 22.4 Å². The second kappa shape index (κ2) is 7.08. The number of aromatic nitrogens is 1. The third-order valence-corrected chi connectivity index (χ3v) is 3.80. The van der Waals surface area contributed by atoms with E-state index in [9.17, 15) is 4.79 Å². The van der Waals surface area contributed by atoms with E-state index in [0.29, 0.717) is 24.0 Å². The minimum Gasteiger partial charge on any atom is -0.497 e. The minimum atomic E-state index is -0.372. The van der Waals surface area contributed by atoms with E-state index in [0.717, 1.165) is 16.2 Å². The average Bonchev–Trinajstić information content (AvgIpc) is 2.87. The molecule has 1 aromatic carbocycles. The van der Waals surface area contributed by atoms with E-state index in [2.05, 4.69) is 10.3 Å². The van der Waals surface area contributed by atoms with Gasteiger partial charge < -0.3 is 14.8 Å². The number of rotatable bonds is 6. The zero-order valence-electron chi connectivity index (χ0n) is 12.3. The van der Waals surface area contributed by atoms with Crippen LogP contribution in [0.4, 0.5) is 5.13 Å². The summed E-state index contributed by atoms with van der Waals surface area (Å²) in [4.78, 5) is 16.8. The summed E-state index contributed by atoms with van der Waals surface area (Å²) in [5, 5.41) is 3.93. The molecule has 2 aromatic rings. The van der Waals surface area contributed by atoms with Crippen molar-refractivity contribution in [1.29, 1.82) is 0 Å². The maximum absolute atomic E-state index is 11.7. The molecular formula is C15H18N2O3S. The number of esters is 1. The lowest BCUT2D eigenvalue weighted by atomic mass is 10.2. The maximum atomic E-state index is 11.7. The molecule has 0 aliphatic rings. The van der Waals surface area contributed by atoms with Crippen molar-refractivity contribution in [2.45, 2.75) is 20.4 Å². The third-order valence-electron chi connectivity index (χ3n) is 2.87. The van der Waals surface area contributed by atoms with Gasteiger partial charge in [0.1, 0.15) is 5.75 Å². The molecule has 112 valence electrons. The van der Waals surface area contributed by atoms with Gasteiger partial charge in [0.25, 0.3) is 0 Å². The molecule has 0 fully saturated rings. The lowest BCUT2D eigenvalue weighted by molar-refractivity contribution is 0.0519. The first kappa shape index (κ1) is 15.3. The van der Waals surface area contributed by atoms with Crippen LogP contribution in [0.15, 0.2) is 24.3 Å². The molecule has 0 bridgehead atoms. The predicted octanol–water partition coefficient (Wildman–Crippen LogP) is 3.25. The van der Waals surface area contributed by atoms with Crippen LogP contribution in [0.2, 0.25) is 0 Å². The Labute approximate surface area is 127 Å². The first-order valence-corrected chi connectivity index (χ1v) is 7.47. The molecule has 0 aliphatic heterocycles. The van der Waals surface area contributed by atoms with Gasteiger partial charge >= 0.3 is 5.97 Å². The summed E-state index contributed by atoms with van der Waals surface area (Å²) in [5.74, 6) is 0.456. The van der Waals surface area contributed by atoms with Crippen LogP contribution in [-0.4, -0.2) is 24.7 Å². The van der Waals surface area contributed by atoms with Crippen molar-refractivity contribution in [2.24, 2.45) is 0 Å². The molecule has 0 radical (unpaired) electrons. The number of benzene rings is 1. The Balaban J connectivity index is 1.99. The molecule has 0 aliphatic carbocycles. The largest absolute Gasteiger partial charge is 0.497 e.